The van der Waals surface area contributed by atoms with E-state index >= 15 is 0 Å². The molecule has 1 aliphatic rings. The topological polar surface area (TPSA) is 63.1 Å². The van der Waals surface area contributed by atoms with Gasteiger partial charge in [0.25, 0.3) is 0 Å². The minimum Gasteiger partial charge on any atom is -0.372 e. The molecule has 1 saturated heterocycles. The molecule has 0 unspecified atom stereocenters. The third kappa shape index (κ3) is 5.99. The van der Waals surface area contributed by atoms with Gasteiger partial charge in [-0.25, -0.2) is 0 Å². The Morgan fingerprint density at radius 3 is 2.68 bits per heavy atom. The SMILES string of the molecule is CCCCCn1cnnc1SCC(=O)Nc1ccc(N2CCC(C)CC2)cc1. The molecule has 1 aliphatic heterocycles. The molecule has 2 heterocycles. The summed E-state index contributed by atoms with van der Waals surface area (Å²) in [7, 11) is 0. The van der Waals surface area contributed by atoms with Crippen molar-refractivity contribution in [2.75, 3.05) is 29.1 Å². The van der Waals surface area contributed by atoms with Crippen molar-refractivity contribution < 1.29 is 4.79 Å². The van der Waals surface area contributed by atoms with Crippen LogP contribution in [0.5, 0.6) is 0 Å². The molecule has 1 N–H and O–H groups in total. The van der Waals surface area contributed by atoms with Gasteiger partial charge < -0.3 is 14.8 Å². The zero-order valence-electron chi connectivity index (χ0n) is 16.9. The van der Waals surface area contributed by atoms with Crippen molar-refractivity contribution in [1.29, 1.82) is 0 Å². The molecule has 0 atom stereocenters. The van der Waals surface area contributed by atoms with Gasteiger partial charge in [0.05, 0.1) is 5.75 Å². The molecule has 0 aliphatic carbocycles. The summed E-state index contributed by atoms with van der Waals surface area (Å²) >= 11 is 1.43. The highest BCUT2D eigenvalue weighted by molar-refractivity contribution is 7.99. The highest BCUT2D eigenvalue weighted by atomic mass is 32.2. The van der Waals surface area contributed by atoms with Crippen molar-refractivity contribution in [2.45, 2.75) is 57.7 Å². The molecular formula is C21H31N5OS. The average Bonchev–Trinajstić information content (AvgIpc) is 3.15. The largest absolute Gasteiger partial charge is 0.372 e. The number of hydrogen-bond donors (Lipinski definition) is 1. The second-order valence-corrected chi connectivity index (χ2v) is 8.51. The molecule has 0 bridgehead atoms. The number of unbranched alkanes of at least 4 members (excludes halogenated alkanes) is 2. The first-order valence-electron chi connectivity index (χ1n) is 10.3. The van der Waals surface area contributed by atoms with Crippen molar-refractivity contribution in [1.82, 2.24) is 14.8 Å². The van der Waals surface area contributed by atoms with E-state index in [0.717, 1.165) is 42.8 Å². The van der Waals surface area contributed by atoms with E-state index in [-0.39, 0.29) is 5.91 Å². The molecule has 0 spiro atoms. The van der Waals surface area contributed by atoms with Crippen molar-refractivity contribution in [3.63, 3.8) is 0 Å². The van der Waals surface area contributed by atoms with Crippen LogP contribution in [-0.4, -0.2) is 39.5 Å². The van der Waals surface area contributed by atoms with E-state index in [1.807, 2.05) is 16.7 Å². The van der Waals surface area contributed by atoms with Gasteiger partial charge >= 0.3 is 0 Å². The molecule has 152 valence electrons. The van der Waals surface area contributed by atoms with Gasteiger partial charge in [-0.2, -0.15) is 0 Å². The third-order valence-corrected chi connectivity index (χ3v) is 6.20. The van der Waals surface area contributed by atoms with Crippen LogP contribution in [0, 0.1) is 5.92 Å². The fraction of sp³-hybridized carbons (Fsp3) is 0.571. The molecule has 1 aromatic heterocycles. The average molecular weight is 402 g/mol. The number of carbonyl (C=O) groups excluding carboxylic acids is 1. The smallest absolute Gasteiger partial charge is 0.234 e. The number of nitrogens with one attached hydrogen (secondary N) is 1. The quantitative estimate of drug-likeness (QED) is 0.497. The van der Waals surface area contributed by atoms with Gasteiger partial charge in [-0.3, -0.25) is 4.79 Å². The molecule has 28 heavy (non-hydrogen) atoms. The minimum atomic E-state index is -0.0207. The second-order valence-electron chi connectivity index (χ2n) is 7.57. The number of carbonyl (C=O) groups is 1. The summed E-state index contributed by atoms with van der Waals surface area (Å²) in [4.78, 5) is 14.7. The minimum absolute atomic E-state index is 0.0207. The molecule has 1 aromatic carbocycles. The Balaban J connectivity index is 1.45. The summed E-state index contributed by atoms with van der Waals surface area (Å²) < 4.78 is 2.03. The number of aromatic nitrogens is 3. The van der Waals surface area contributed by atoms with E-state index in [1.165, 1.54) is 43.1 Å². The van der Waals surface area contributed by atoms with Gasteiger partial charge in [0, 0.05) is 31.0 Å². The van der Waals surface area contributed by atoms with E-state index in [1.54, 1.807) is 6.33 Å². The van der Waals surface area contributed by atoms with Gasteiger partial charge in [-0.05, 0) is 49.4 Å². The third-order valence-electron chi connectivity index (χ3n) is 5.21. The van der Waals surface area contributed by atoms with E-state index in [9.17, 15) is 4.79 Å². The Morgan fingerprint density at radius 2 is 1.96 bits per heavy atom. The van der Waals surface area contributed by atoms with Gasteiger partial charge in [0.15, 0.2) is 5.16 Å². The maximum absolute atomic E-state index is 12.3. The Labute approximate surface area is 172 Å². The number of rotatable bonds is 9. The second kappa shape index (κ2) is 10.5. The molecule has 7 heteroatoms. The van der Waals surface area contributed by atoms with Gasteiger partial charge in [-0.15, -0.1) is 10.2 Å². The first kappa shape index (κ1) is 20.7. The molecule has 2 aromatic rings. The van der Waals surface area contributed by atoms with E-state index in [4.69, 9.17) is 0 Å². The number of nitrogens with zero attached hydrogens (tertiary/aromatic N) is 4. The normalized spacial score (nSPS) is 15.0. The number of hydrogen-bond acceptors (Lipinski definition) is 5. The Bertz CT molecular complexity index is 738. The molecular weight excluding hydrogens is 370 g/mol. The number of anilines is 2. The van der Waals surface area contributed by atoms with Gasteiger partial charge in [0.2, 0.25) is 5.91 Å². The number of piperidine rings is 1. The molecule has 0 saturated carbocycles. The zero-order chi connectivity index (χ0) is 19.8. The summed E-state index contributed by atoms with van der Waals surface area (Å²) in [6, 6.07) is 8.18. The first-order chi connectivity index (χ1) is 13.7. The maximum atomic E-state index is 12.3. The van der Waals surface area contributed by atoms with Crippen LogP contribution in [0.4, 0.5) is 11.4 Å². The molecule has 1 fully saturated rings. The molecule has 3 rings (SSSR count). The van der Waals surface area contributed by atoms with Gasteiger partial charge in [-0.1, -0.05) is 38.5 Å². The summed E-state index contributed by atoms with van der Waals surface area (Å²) in [5, 5.41) is 11.9. The van der Waals surface area contributed by atoms with Crippen molar-refractivity contribution in [3.05, 3.63) is 30.6 Å². The van der Waals surface area contributed by atoms with Crippen LogP contribution in [-0.2, 0) is 11.3 Å². The van der Waals surface area contributed by atoms with Crippen molar-refractivity contribution in [3.8, 4) is 0 Å². The van der Waals surface area contributed by atoms with Crippen LogP contribution in [0.1, 0.15) is 46.0 Å². The number of aryl methyl sites for hydroxylation is 1. The van der Waals surface area contributed by atoms with Crippen LogP contribution in [0.25, 0.3) is 0 Å². The number of benzene rings is 1. The fourth-order valence-corrected chi connectivity index (χ4v) is 4.13. The van der Waals surface area contributed by atoms with Crippen LogP contribution >= 0.6 is 11.8 Å². The van der Waals surface area contributed by atoms with Gasteiger partial charge in [0.1, 0.15) is 6.33 Å². The highest BCUT2D eigenvalue weighted by Crippen LogP contribution is 2.24. The predicted molar refractivity (Wildman–Crippen MR) is 116 cm³/mol. The number of thioether (sulfide) groups is 1. The standard InChI is InChI=1S/C21H31N5OS/c1-3-4-5-12-26-16-22-24-21(26)28-15-20(27)23-18-6-8-19(9-7-18)25-13-10-17(2)11-14-25/h6-9,16-17H,3-5,10-15H2,1-2H3,(H,23,27). The van der Waals surface area contributed by atoms with Crippen LogP contribution in [0.15, 0.2) is 35.7 Å². The van der Waals surface area contributed by atoms with Crippen LogP contribution in [0.2, 0.25) is 0 Å². The highest BCUT2D eigenvalue weighted by Gasteiger charge is 2.16. The molecule has 1 amide bonds. The molecule has 0 radical (unpaired) electrons. The summed E-state index contributed by atoms with van der Waals surface area (Å²) in [5.74, 6) is 1.13. The summed E-state index contributed by atoms with van der Waals surface area (Å²) in [6.45, 7) is 7.64. The van der Waals surface area contributed by atoms with E-state index in [2.05, 4.69) is 46.4 Å². The summed E-state index contributed by atoms with van der Waals surface area (Å²) in [5.41, 5.74) is 2.07. The van der Waals surface area contributed by atoms with E-state index in [0.29, 0.717) is 5.75 Å². The van der Waals surface area contributed by atoms with Crippen LogP contribution in [0.3, 0.4) is 0 Å². The Morgan fingerprint density at radius 1 is 1.21 bits per heavy atom. The first-order valence-corrected chi connectivity index (χ1v) is 11.3. The van der Waals surface area contributed by atoms with E-state index < -0.39 is 0 Å². The van der Waals surface area contributed by atoms with Crippen molar-refractivity contribution in [2.24, 2.45) is 5.92 Å². The monoisotopic (exact) mass is 401 g/mol. The summed E-state index contributed by atoms with van der Waals surface area (Å²) in [6.07, 6.45) is 7.72. The number of amides is 1. The Kier molecular flexibility index (Phi) is 7.77. The zero-order valence-corrected chi connectivity index (χ0v) is 17.7. The van der Waals surface area contributed by atoms with Crippen LogP contribution < -0.4 is 10.2 Å². The fourth-order valence-electron chi connectivity index (χ4n) is 3.39. The van der Waals surface area contributed by atoms with Crippen molar-refractivity contribution >= 4 is 29.0 Å². The lowest BCUT2D eigenvalue weighted by atomic mass is 9.99. The lowest BCUT2D eigenvalue weighted by Crippen LogP contribution is -2.32. The molecule has 6 nitrogen and oxygen atoms in total. The lowest BCUT2D eigenvalue weighted by molar-refractivity contribution is -0.113. The predicted octanol–water partition coefficient (Wildman–Crippen LogP) is 4.44. The maximum Gasteiger partial charge on any atom is 0.234 e. The lowest BCUT2D eigenvalue weighted by Gasteiger charge is -2.32. The Hall–Kier alpha value is -2.02.